The summed E-state index contributed by atoms with van der Waals surface area (Å²) in [4.78, 5) is 24.8. The second kappa shape index (κ2) is 7.68. The molecule has 0 aliphatic carbocycles. The van der Waals surface area contributed by atoms with Crippen molar-refractivity contribution in [2.45, 2.75) is 38.3 Å². The van der Waals surface area contributed by atoms with Gasteiger partial charge in [-0.3, -0.25) is 9.59 Å². The first kappa shape index (κ1) is 18.3. The van der Waals surface area contributed by atoms with Crippen LogP contribution in [0.25, 0.3) is 0 Å². The first-order valence-corrected chi connectivity index (χ1v) is 7.98. The summed E-state index contributed by atoms with van der Waals surface area (Å²) in [6, 6.07) is 6.74. The van der Waals surface area contributed by atoms with Crippen LogP contribution >= 0.6 is 0 Å². The number of piperidine rings is 1. The van der Waals surface area contributed by atoms with E-state index >= 15 is 0 Å². The van der Waals surface area contributed by atoms with Crippen LogP contribution in [0, 0.1) is 5.92 Å². The molecule has 132 valence electrons. The molecule has 1 saturated heterocycles. The van der Waals surface area contributed by atoms with Crippen LogP contribution in [0.4, 0.5) is 13.2 Å². The first-order valence-electron chi connectivity index (χ1n) is 7.98. The van der Waals surface area contributed by atoms with Gasteiger partial charge in [-0.15, -0.1) is 0 Å². The zero-order valence-corrected chi connectivity index (χ0v) is 13.3. The van der Waals surface area contributed by atoms with Crippen molar-refractivity contribution in [1.29, 1.82) is 0 Å². The Bertz CT molecular complexity index is 576. The van der Waals surface area contributed by atoms with Crippen molar-refractivity contribution in [3.8, 4) is 0 Å². The van der Waals surface area contributed by atoms with Crippen LogP contribution in [0.2, 0.25) is 0 Å². The summed E-state index contributed by atoms with van der Waals surface area (Å²) in [5.74, 6) is -0.922. The number of carbonyl (C=O) groups excluding carboxylic acids is 2. The minimum absolute atomic E-state index is 0.0422. The average Bonchev–Trinajstić information content (AvgIpc) is 2.52. The number of halogens is 3. The van der Waals surface area contributed by atoms with E-state index in [1.165, 1.54) is 0 Å². The lowest BCUT2D eigenvalue weighted by Crippen LogP contribution is -2.39. The van der Waals surface area contributed by atoms with E-state index in [9.17, 15) is 22.8 Å². The second-order valence-corrected chi connectivity index (χ2v) is 6.20. The molecule has 1 fully saturated rings. The lowest BCUT2D eigenvalue weighted by Gasteiger charge is -2.32. The number of nitrogens with zero attached hydrogens (tertiary/aromatic N) is 1. The van der Waals surface area contributed by atoms with E-state index in [0.717, 1.165) is 5.56 Å². The van der Waals surface area contributed by atoms with Crippen LogP contribution in [0.3, 0.4) is 0 Å². The Kier molecular flexibility index (Phi) is 5.85. The maximum absolute atomic E-state index is 12.4. The highest BCUT2D eigenvalue weighted by molar-refractivity contribution is 5.92. The van der Waals surface area contributed by atoms with Crippen LogP contribution in [-0.2, 0) is 11.2 Å². The van der Waals surface area contributed by atoms with Gasteiger partial charge in [0, 0.05) is 31.5 Å². The largest absolute Gasteiger partial charge is 0.389 e. The molecule has 1 aromatic rings. The molecule has 4 nitrogen and oxygen atoms in total. The summed E-state index contributed by atoms with van der Waals surface area (Å²) >= 11 is 0. The normalized spacial score (nSPS) is 16.2. The molecule has 1 aromatic carbocycles. The molecule has 7 heteroatoms. The van der Waals surface area contributed by atoms with Crippen LogP contribution < -0.4 is 5.73 Å². The summed E-state index contributed by atoms with van der Waals surface area (Å²) in [7, 11) is 0. The van der Waals surface area contributed by atoms with Gasteiger partial charge in [0.1, 0.15) is 0 Å². The van der Waals surface area contributed by atoms with Crippen molar-refractivity contribution < 1.29 is 22.8 Å². The zero-order chi connectivity index (χ0) is 17.7. The van der Waals surface area contributed by atoms with Crippen molar-refractivity contribution in [3.63, 3.8) is 0 Å². The van der Waals surface area contributed by atoms with E-state index < -0.39 is 18.5 Å². The van der Waals surface area contributed by atoms with E-state index in [0.29, 0.717) is 44.3 Å². The standard InChI is InChI=1S/C17H21F3N2O2/c18-17(19,20)11-13-7-9-22(10-8-13)15(23)6-3-12-1-4-14(5-2-12)16(21)24/h1-2,4-5,13H,3,6-11H2,(H2,21,24). The first-order chi connectivity index (χ1) is 11.2. The lowest BCUT2D eigenvalue weighted by molar-refractivity contribution is -0.149. The predicted molar refractivity (Wildman–Crippen MR) is 83.3 cm³/mol. The molecule has 1 aliphatic rings. The Labute approximate surface area is 138 Å². The molecule has 2 amide bonds. The lowest BCUT2D eigenvalue weighted by atomic mass is 9.93. The molecule has 1 heterocycles. The molecule has 24 heavy (non-hydrogen) atoms. The van der Waals surface area contributed by atoms with Gasteiger partial charge in [-0.2, -0.15) is 13.2 Å². The molecular weight excluding hydrogens is 321 g/mol. The van der Waals surface area contributed by atoms with Gasteiger partial charge >= 0.3 is 6.18 Å². The molecule has 2 rings (SSSR count). The summed E-state index contributed by atoms with van der Waals surface area (Å²) in [6.45, 7) is 0.778. The molecule has 0 saturated carbocycles. The maximum Gasteiger partial charge on any atom is 0.389 e. The number of nitrogens with two attached hydrogens (primary N) is 1. The zero-order valence-electron chi connectivity index (χ0n) is 13.3. The quantitative estimate of drug-likeness (QED) is 0.894. The third kappa shape index (κ3) is 5.54. The SMILES string of the molecule is NC(=O)c1ccc(CCC(=O)N2CCC(CC(F)(F)F)CC2)cc1. The van der Waals surface area contributed by atoms with E-state index in [2.05, 4.69) is 0 Å². The van der Waals surface area contributed by atoms with Crippen LogP contribution in [0.5, 0.6) is 0 Å². The molecular formula is C17H21F3N2O2. The van der Waals surface area contributed by atoms with Gasteiger partial charge in [0.15, 0.2) is 0 Å². The molecule has 1 aliphatic heterocycles. The Morgan fingerprint density at radius 1 is 1.12 bits per heavy atom. The molecule has 0 spiro atoms. The summed E-state index contributed by atoms with van der Waals surface area (Å²) < 4.78 is 37.1. The number of amides is 2. The fourth-order valence-electron chi connectivity index (χ4n) is 2.96. The second-order valence-electron chi connectivity index (χ2n) is 6.20. The van der Waals surface area contributed by atoms with Crippen molar-refractivity contribution in [2.24, 2.45) is 11.7 Å². The number of likely N-dealkylation sites (tertiary alicyclic amines) is 1. The number of rotatable bonds is 5. The Morgan fingerprint density at radius 3 is 2.21 bits per heavy atom. The number of primary amides is 1. The highest BCUT2D eigenvalue weighted by Gasteiger charge is 2.34. The molecule has 0 radical (unpaired) electrons. The molecule has 0 aromatic heterocycles. The van der Waals surface area contributed by atoms with E-state index in [1.54, 1.807) is 29.2 Å². The van der Waals surface area contributed by atoms with Crippen molar-refractivity contribution in [3.05, 3.63) is 35.4 Å². The summed E-state index contributed by atoms with van der Waals surface area (Å²) in [6.07, 6.45) is -3.26. The monoisotopic (exact) mass is 342 g/mol. The molecule has 0 bridgehead atoms. The van der Waals surface area contributed by atoms with Gasteiger partial charge in [-0.05, 0) is 42.9 Å². The van der Waals surface area contributed by atoms with Gasteiger partial charge < -0.3 is 10.6 Å². The highest BCUT2D eigenvalue weighted by Crippen LogP contribution is 2.31. The van der Waals surface area contributed by atoms with Gasteiger partial charge in [0.25, 0.3) is 0 Å². The van der Waals surface area contributed by atoms with Crippen molar-refractivity contribution in [2.75, 3.05) is 13.1 Å². The molecule has 0 atom stereocenters. The highest BCUT2D eigenvalue weighted by atomic mass is 19.4. The average molecular weight is 342 g/mol. The van der Waals surface area contributed by atoms with Gasteiger partial charge in [-0.25, -0.2) is 0 Å². The van der Waals surface area contributed by atoms with Crippen LogP contribution in [0.15, 0.2) is 24.3 Å². The van der Waals surface area contributed by atoms with E-state index in [1.807, 2.05) is 0 Å². The number of benzene rings is 1. The number of hydrogen-bond acceptors (Lipinski definition) is 2. The van der Waals surface area contributed by atoms with Crippen LogP contribution in [-0.4, -0.2) is 36.0 Å². The number of aryl methyl sites for hydroxylation is 1. The topological polar surface area (TPSA) is 63.4 Å². The minimum atomic E-state index is -4.13. The van der Waals surface area contributed by atoms with Gasteiger partial charge in [0.05, 0.1) is 0 Å². The third-order valence-corrected chi connectivity index (χ3v) is 4.35. The van der Waals surface area contributed by atoms with Crippen LogP contribution in [0.1, 0.15) is 41.6 Å². The molecule has 0 unspecified atom stereocenters. The molecule has 2 N–H and O–H groups in total. The fourth-order valence-corrected chi connectivity index (χ4v) is 2.96. The number of alkyl halides is 3. The predicted octanol–water partition coefficient (Wildman–Crippen LogP) is 2.91. The summed E-state index contributed by atoms with van der Waals surface area (Å²) in [5, 5.41) is 0. The van der Waals surface area contributed by atoms with Gasteiger partial charge in [0.2, 0.25) is 11.8 Å². The smallest absolute Gasteiger partial charge is 0.366 e. The summed E-state index contributed by atoms with van der Waals surface area (Å²) in [5.41, 5.74) is 6.49. The Hall–Kier alpha value is -2.05. The van der Waals surface area contributed by atoms with E-state index in [4.69, 9.17) is 5.73 Å². The Morgan fingerprint density at radius 2 is 1.71 bits per heavy atom. The maximum atomic E-state index is 12.4. The van der Waals surface area contributed by atoms with E-state index in [-0.39, 0.29) is 11.8 Å². The van der Waals surface area contributed by atoms with Crippen molar-refractivity contribution >= 4 is 11.8 Å². The minimum Gasteiger partial charge on any atom is -0.366 e. The fraction of sp³-hybridized carbons (Fsp3) is 0.529. The van der Waals surface area contributed by atoms with Gasteiger partial charge in [-0.1, -0.05) is 12.1 Å². The number of carbonyl (C=O) groups is 2. The number of hydrogen-bond donors (Lipinski definition) is 1. The third-order valence-electron chi connectivity index (χ3n) is 4.35. The Balaban J connectivity index is 1.76. The van der Waals surface area contributed by atoms with Crippen molar-refractivity contribution in [1.82, 2.24) is 4.90 Å².